The van der Waals surface area contributed by atoms with E-state index < -0.39 is 0 Å². The molecule has 1 N–H and O–H groups in total. The van der Waals surface area contributed by atoms with E-state index in [1.165, 1.54) is 6.07 Å². The summed E-state index contributed by atoms with van der Waals surface area (Å²) in [6, 6.07) is 14.4. The zero-order valence-electron chi connectivity index (χ0n) is 11.2. The zero-order chi connectivity index (χ0) is 14.4. The molecule has 0 fully saturated rings. The molecule has 0 bridgehead atoms. The van der Waals surface area contributed by atoms with Gasteiger partial charge in [-0.05, 0) is 48.4 Å². The van der Waals surface area contributed by atoms with E-state index in [9.17, 15) is 4.39 Å². The smallest absolute Gasteiger partial charge is 0.174 e. The van der Waals surface area contributed by atoms with E-state index in [2.05, 4.69) is 5.32 Å². The van der Waals surface area contributed by atoms with Gasteiger partial charge >= 0.3 is 0 Å². The van der Waals surface area contributed by atoms with E-state index in [-0.39, 0.29) is 12.4 Å². The minimum absolute atomic E-state index is 0.0358. The molecule has 0 saturated heterocycles. The zero-order valence-corrected chi connectivity index (χ0v) is 11.2. The van der Waals surface area contributed by atoms with E-state index in [0.29, 0.717) is 17.9 Å². The van der Waals surface area contributed by atoms with Crippen molar-refractivity contribution in [3.63, 3.8) is 0 Å². The second kappa shape index (κ2) is 6.58. The van der Waals surface area contributed by atoms with Crippen LogP contribution in [0.15, 0.2) is 42.5 Å². The Labute approximate surface area is 117 Å². The molecule has 0 unspecified atom stereocenters. The predicted molar refractivity (Wildman–Crippen MR) is 76.0 cm³/mol. The van der Waals surface area contributed by atoms with Gasteiger partial charge in [0.05, 0.1) is 0 Å². The Kier molecular flexibility index (Phi) is 4.56. The van der Waals surface area contributed by atoms with Crippen molar-refractivity contribution in [1.82, 2.24) is 0 Å². The van der Waals surface area contributed by atoms with Crippen LogP contribution < -0.4 is 10.1 Å². The van der Waals surface area contributed by atoms with Crippen LogP contribution in [0, 0.1) is 24.1 Å². The monoisotopic (exact) mass is 270 g/mol. The lowest BCUT2D eigenvalue weighted by molar-refractivity contribution is 0.368. The highest BCUT2D eigenvalue weighted by molar-refractivity contribution is 5.46. The molecule has 0 amide bonds. The standard InChI is InChI=1S/C16H15FN2O/c1-12-9-14(5-6-16(12)17)19-11-13-3-2-4-15(10-13)20-8-7-18/h2-6,9-10,19H,8,11H2,1H3. The van der Waals surface area contributed by atoms with Crippen molar-refractivity contribution in [2.24, 2.45) is 0 Å². The van der Waals surface area contributed by atoms with Gasteiger partial charge in [0, 0.05) is 12.2 Å². The van der Waals surface area contributed by atoms with Crippen LogP contribution in [-0.2, 0) is 6.54 Å². The summed E-state index contributed by atoms with van der Waals surface area (Å²) in [6.07, 6.45) is 0. The molecule has 20 heavy (non-hydrogen) atoms. The number of nitriles is 1. The maximum absolute atomic E-state index is 13.2. The Morgan fingerprint density at radius 1 is 1.25 bits per heavy atom. The lowest BCUT2D eigenvalue weighted by atomic mass is 10.2. The summed E-state index contributed by atoms with van der Waals surface area (Å²) in [5, 5.41) is 11.7. The number of anilines is 1. The lowest BCUT2D eigenvalue weighted by Crippen LogP contribution is -2.01. The van der Waals surface area contributed by atoms with E-state index in [1.807, 2.05) is 30.3 Å². The summed E-state index contributed by atoms with van der Waals surface area (Å²) in [4.78, 5) is 0. The molecule has 0 aliphatic heterocycles. The maximum Gasteiger partial charge on any atom is 0.174 e. The molecule has 3 nitrogen and oxygen atoms in total. The largest absolute Gasteiger partial charge is 0.479 e. The highest BCUT2D eigenvalue weighted by Gasteiger charge is 2.00. The van der Waals surface area contributed by atoms with Gasteiger partial charge in [-0.3, -0.25) is 0 Å². The highest BCUT2D eigenvalue weighted by Crippen LogP contribution is 2.17. The first-order valence-corrected chi connectivity index (χ1v) is 6.28. The summed E-state index contributed by atoms with van der Waals surface area (Å²) in [5.74, 6) is 0.462. The van der Waals surface area contributed by atoms with Crippen molar-refractivity contribution in [2.75, 3.05) is 11.9 Å². The van der Waals surface area contributed by atoms with Gasteiger partial charge in [0.15, 0.2) is 6.61 Å². The van der Waals surface area contributed by atoms with Crippen LogP contribution in [0.4, 0.5) is 10.1 Å². The van der Waals surface area contributed by atoms with Crippen LogP contribution in [0.2, 0.25) is 0 Å². The topological polar surface area (TPSA) is 45.0 Å². The first-order chi connectivity index (χ1) is 9.69. The van der Waals surface area contributed by atoms with E-state index in [4.69, 9.17) is 10.00 Å². The van der Waals surface area contributed by atoms with Crippen LogP contribution >= 0.6 is 0 Å². The third kappa shape index (κ3) is 3.72. The first kappa shape index (κ1) is 13.9. The van der Waals surface area contributed by atoms with Crippen molar-refractivity contribution in [1.29, 1.82) is 5.26 Å². The number of ether oxygens (including phenoxy) is 1. The number of nitrogens with one attached hydrogen (secondary N) is 1. The summed E-state index contributed by atoms with van der Waals surface area (Å²) < 4.78 is 18.4. The van der Waals surface area contributed by atoms with Gasteiger partial charge in [-0.1, -0.05) is 12.1 Å². The minimum atomic E-state index is -0.206. The number of hydrogen-bond acceptors (Lipinski definition) is 3. The Morgan fingerprint density at radius 3 is 2.85 bits per heavy atom. The van der Waals surface area contributed by atoms with Crippen LogP contribution in [0.5, 0.6) is 5.75 Å². The SMILES string of the molecule is Cc1cc(NCc2cccc(OCC#N)c2)ccc1F. The van der Waals surface area contributed by atoms with E-state index >= 15 is 0 Å². The van der Waals surface area contributed by atoms with Crippen molar-refractivity contribution in [3.05, 3.63) is 59.4 Å². The molecule has 2 rings (SSSR count). The van der Waals surface area contributed by atoms with Crippen LogP contribution in [0.25, 0.3) is 0 Å². The van der Waals surface area contributed by atoms with E-state index in [0.717, 1.165) is 11.3 Å². The molecule has 102 valence electrons. The number of halogens is 1. The van der Waals surface area contributed by atoms with Gasteiger partial charge in [-0.15, -0.1) is 0 Å². The third-order valence-electron chi connectivity index (χ3n) is 2.86. The van der Waals surface area contributed by atoms with Crippen LogP contribution in [0.3, 0.4) is 0 Å². The minimum Gasteiger partial charge on any atom is -0.479 e. The molecular weight excluding hydrogens is 255 g/mol. The Balaban J connectivity index is 1.99. The lowest BCUT2D eigenvalue weighted by Gasteiger charge is -2.09. The maximum atomic E-state index is 13.2. The number of rotatable bonds is 5. The number of nitrogens with zero attached hydrogens (tertiary/aromatic N) is 1. The van der Waals surface area contributed by atoms with Gasteiger partial charge < -0.3 is 10.1 Å². The second-order valence-corrected chi connectivity index (χ2v) is 4.41. The van der Waals surface area contributed by atoms with Gasteiger partial charge in [0.2, 0.25) is 0 Å². The van der Waals surface area contributed by atoms with E-state index in [1.54, 1.807) is 19.1 Å². The molecule has 4 heteroatoms. The average Bonchev–Trinajstić information content (AvgIpc) is 2.47. The average molecular weight is 270 g/mol. The normalized spacial score (nSPS) is 9.85. The molecule has 0 aromatic heterocycles. The molecule has 2 aromatic carbocycles. The molecule has 0 spiro atoms. The fourth-order valence-electron chi connectivity index (χ4n) is 1.82. The summed E-state index contributed by atoms with van der Waals surface area (Å²) >= 11 is 0. The Morgan fingerprint density at radius 2 is 2.10 bits per heavy atom. The third-order valence-corrected chi connectivity index (χ3v) is 2.86. The molecule has 0 aliphatic carbocycles. The summed E-state index contributed by atoms with van der Waals surface area (Å²) in [7, 11) is 0. The summed E-state index contributed by atoms with van der Waals surface area (Å²) in [6.45, 7) is 2.37. The fraction of sp³-hybridized carbons (Fsp3) is 0.188. The molecule has 0 saturated carbocycles. The summed E-state index contributed by atoms with van der Waals surface area (Å²) in [5.41, 5.74) is 2.51. The second-order valence-electron chi connectivity index (χ2n) is 4.41. The van der Waals surface area contributed by atoms with Crippen molar-refractivity contribution in [3.8, 4) is 11.8 Å². The van der Waals surface area contributed by atoms with Gasteiger partial charge in [-0.25, -0.2) is 4.39 Å². The van der Waals surface area contributed by atoms with Crippen molar-refractivity contribution >= 4 is 5.69 Å². The Hall–Kier alpha value is -2.54. The quantitative estimate of drug-likeness (QED) is 0.902. The fourth-order valence-corrected chi connectivity index (χ4v) is 1.82. The molecule has 0 atom stereocenters. The van der Waals surface area contributed by atoms with Gasteiger partial charge in [0.25, 0.3) is 0 Å². The number of hydrogen-bond donors (Lipinski definition) is 1. The predicted octanol–water partition coefficient (Wildman–Crippen LogP) is 3.65. The Bertz CT molecular complexity index is 635. The van der Waals surface area contributed by atoms with Crippen LogP contribution in [0.1, 0.15) is 11.1 Å². The van der Waals surface area contributed by atoms with Gasteiger partial charge in [0.1, 0.15) is 17.6 Å². The molecule has 0 heterocycles. The molecule has 0 radical (unpaired) electrons. The van der Waals surface area contributed by atoms with Crippen molar-refractivity contribution in [2.45, 2.75) is 13.5 Å². The molecular formula is C16H15FN2O. The van der Waals surface area contributed by atoms with Gasteiger partial charge in [-0.2, -0.15) is 5.26 Å². The number of benzene rings is 2. The molecule has 2 aromatic rings. The first-order valence-electron chi connectivity index (χ1n) is 6.28. The molecule has 0 aliphatic rings. The van der Waals surface area contributed by atoms with Crippen molar-refractivity contribution < 1.29 is 9.13 Å². The highest BCUT2D eigenvalue weighted by atomic mass is 19.1. The number of aryl methyl sites for hydroxylation is 1. The van der Waals surface area contributed by atoms with Crippen LogP contribution in [-0.4, -0.2) is 6.61 Å².